The fourth-order valence-corrected chi connectivity index (χ4v) is 3.24. The van der Waals surface area contributed by atoms with Gasteiger partial charge in [0.05, 0.1) is 12.7 Å². The van der Waals surface area contributed by atoms with E-state index >= 15 is 0 Å². The summed E-state index contributed by atoms with van der Waals surface area (Å²) < 4.78 is 10.8. The van der Waals surface area contributed by atoms with Gasteiger partial charge in [0.1, 0.15) is 11.9 Å². The van der Waals surface area contributed by atoms with Crippen molar-refractivity contribution in [3.05, 3.63) is 29.8 Å². The highest BCUT2D eigenvalue weighted by Gasteiger charge is 2.46. The molecule has 5 heteroatoms. The highest BCUT2D eigenvalue weighted by molar-refractivity contribution is 5.94. The van der Waals surface area contributed by atoms with Gasteiger partial charge in [-0.05, 0) is 43.5 Å². The standard InChI is InChI=1S/C16H21NO4/c1-20-13-5-3-12(4-6-13)15(19)17-9-8-16(14(18)11-17)7-2-10-21-16/h3-6,14,18H,2,7-11H2,1H3/t14-,16-/m0/s1. The molecule has 2 fully saturated rings. The third kappa shape index (κ3) is 2.63. The second-order valence-corrected chi connectivity index (χ2v) is 5.76. The SMILES string of the molecule is COc1ccc(C(=O)N2CC[C@@]3(CCCO3)[C@@H](O)C2)cc1. The number of carbonyl (C=O) groups is 1. The molecule has 0 aliphatic carbocycles. The first-order valence-electron chi connectivity index (χ1n) is 7.40. The molecular formula is C16H21NO4. The van der Waals surface area contributed by atoms with E-state index in [1.807, 2.05) is 0 Å². The Morgan fingerprint density at radius 2 is 2.14 bits per heavy atom. The number of amides is 1. The Kier molecular flexibility index (Phi) is 3.87. The smallest absolute Gasteiger partial charge is 0.253 e. The lowest BCUT2D eigenvalue weighted by Crippen LogP contribution is -2.56. The topological polar surface area (TPSA) is 59.0 Å². The molecule has 0 aromatic heterocycles. The van der Waals surface area contributed by atoms with Crippen LogP contribution in [0.4, 0.5) is 0 Å². The Bertz CT molecular complexity index is 508. The van der Waals surface area contributed by atoms with Gasteiger partial charge in [-0.3, -0.25) is 4.79 Å². The maximum absolute atomic E-state index is 12.5. The van der Waals surface area contributed by atoms with Crippen molar-refractivity contribution in [3.8, 4) is 5.75 Å². The molecule has 2 aliphatic heterocycles. The van der Waals surface area contributed by atoms with Gasteiger partial charge in [-0.1, -0.05) is 0 Å². The first kappa shape index (κ1) is 14.4. The maximum Gasteiger partial charge on any atom is 0.253 e. The molecule has 5 nitrogen and oxygen atoms in total. The lowest BCUT2D eigenvalue weighted by atomic mass is 9.86. The third-order valence-corrected chi connectivity index (χ3v) is 4.56. The Morgan fingerprint density at radius 3 is 2.71 bits per heavy atom. The van der Waals surface area contributed by atoms with Crippen LogP contribution in [-0.4, -0.2) is 54.4 Å². The number of β-amino-alcohol motifs (C(OH)–C–C–N with tert-alkyl or cyclic N) is 1. The molecule has 1 aromatic rings. The fraction of sp³-hybridized carbons (Fsp3) is 0.562. The van der Waals surface area contributed by atoms with Crippen LogP contribution in [0, 0.1) is 0 Å². The fourth-order valence-electron chi connectivity index (χ4n) is 3.24. The zero-order chi connectivity index (χ0) is 14.9. The number of rotatable bonds is 2. The number of methoxy groups -OCH3 is 1. The number of aliphatic hydroxyl groups excluding tert-OH is 1. The Labute approximate surface area is 124 Å². The number of benzene rings is 1. The van der Waals surface area contributed by atoms with Crippen LogP contribution in [0.1, 0.15) is 29.6 Å². The highest BCUT2D eigenvalue weighted by Crippen LogP contribution is 2.36. The summed E-state index contributed by atoms with van der Waals surface area (Å²) in [6, 6.07) is 7.05. The number of hydrogen-bond donors (Lipinski definition) is 1. The van der Waals surface area contributed by atoms with Crippen molar-refractivity contribution in [1.29, 1.82) is 0 Å². The van der Waals surface area contributed by atoms with Crippen molar-refractivity contribution in [3.63, 3.8) is 0 Å². The molecule has 2 heterocycles. The number of likely N-dealkylation sites (tertiary alicyclic amines) is 1. The van der Waals surface area contributed by atoms with E-state index in [1.165, 1.54) is 0 Å². The molecule has 2 atom stereocenters. The van der Waals surface area contributed by atoms with E-state index in [4.69, 9.17) is 9.47 Å². The lowest BCUT2D eigenvalue weighted by molar-refractivity contribution is -0.122. The average molecular weight is 291 g/mol. The summed E-state index contributed by atoms with van der Waals surface area (Å²) in [6.45, 7) is 1.68. The lowest BCUT2D eigenvalue weighted by Gasteiger charge is -2.42. The number of piperidine rings is 1. The Morgan fingerprint density at radius 1 is 1.38 bits per heavy atom. The average Bonchev–Trinajstić information content (AvgIpc) is 2.99. The zero-order valence-electron chi connectivity index (χ0n) is 12.2. The molecule has 0 radical (unpaired) electrons. The molecule has 2 saturated heterocycles. The summed E-state index contributed by atoms with van der Waals surface area (Å²) in [5.74, 6) is 0.674. The monoisotopic (exact) mass is 291 g/mol. The largest absolute Gasteiger partial charge is 0.497 e. The summed E-state index contributed by atoms with van der Waals surface area (Å²) in [5, 5.41) is 10.4. The maximum atomic E-state index is 12.5. The molecule has 0 unspecified atom stereocenters. The number of carbonyl (C=O) groups excluding carboxylic acids is 1. The quantitative estimate of drug-likeness (QED) is 0.896. The van der Waals surface area contributed by atoms with Crippen LogP contribution in [0.15, 0.2) is 24.3 Å². The number of nitrogens with zero attached hydrogens (tertiary/aromatic N) is 1. The van der Waals surface area contributed by atoms with Gasteiger partial charge in [-0.15, -0.1) is 0 Å². The normalized spacial score (nSPS) is 28.9. The molecule has 114 valence electrons. The predicted octanol–water partition coefficient (Wildman–Crippen LogP) is 1.45. The van der Waals surface area contributed by atoms with Crippen molar-refractivity contribution in [2.75, 3.05) is 26.8 Å². The van der Waals surface area contributed by atoms with Gasteiger partial charge in [-0.25, -0.2) is 0 Å². The van der Waals surface area contributed by atoms with Gasteiger partial charge in [-0.2, -0.15) is 0 Å². The van der Waals surface area contributed by atoms with E-state index in [9.17, 15) is 9.90 Å². The van der Waals surface area contributed by atoms with Crippen molar-refractivity contribution in [2.24, 2.45) is 0 Å². The second-order valence-electron chi connectivity index (χ2n) is 5.76. The number of ether oxygens (including phenoxy) is 2. The van der Waals surface area contributed by atoms with Gasteiger partial charge in [0.2, 0.25) is 0 Å². The van der Waals surface area contributed by atoms with Gasteiger partial charge in [0.15, 0.2) is 0 Å². The summed E-state index contributed by atoms with van der Waals surface area (Å²) >= 11 is 0. The minimum atomic E-state index is -0.601. The van der Waals surface area contributed by atoms with Gasteiger partial charge in [0, 0.05) is 25.3 Å². The van der Waals surface area contributed by atoms with E-state index in [1.54, 1.807) is 36.3 Å². The molecule has 0 saturated carbocycles. The first-order valence-corrected chi connectivity index (χ1v) is 7.40. The predicted molar refractivity (Wildman–Crippen MR) is 77.4 cm³/mol. The molecule has 1 spiro atoms. The minimum absolute atomic E-state index is 0.0513. The van der Waals surface area contributed by atoms with E-state index in [-0.39, 0.29) is 5.91 Å². The molecule has 1 N–H and O–H groups in total. The van der Waals surface area contributed by atoms with Crippen molar-refractivity contribution in [2.45, 2.75) is 31.0 Å². The van der Waals surface area contributed by atoms with Crippen LogP contribution < -0.4 is 4.74 Å². The van der Waals surface area contributed by atoms with Crippen LogP contribution in [-0.2, 0) is 4.74 Å². The molecule has 1 aromatic carbocycles. The second kappa shape index (κ2) is 5.66. The zero-order valence-corrected chi connectivity index (χ0v) is 12.2. The van der Waals surface area contributed by atoms with Crippen LogP contribution in [0.2, 0.25) is 0 Å². The van der Waals surface area contributed by atoms with Gasteiger partial charge >= 0.3 is 0 Å². The van der Waals surface area contributed by atoms with Crippen molar-refractivity contribution < 1.29 is 19.4 Å². The van der Waals surface area contributed by atoms with Gasteiger partial charge < -0.3 is 19.5 Å². The summed E-state index contributed by atoms with van der Waals surface area (Å²) in [6.07, 6.45) is 1.98. The molecular weight excluding hydrogens is 270 g/mol. The molecule has 1 amide bonds. The van der Waals surface area contributed by atoms with Crippen LogP contribution in [0.3, 0.4) is 0 Å². The van der Waals surface area contributed by atoms with Gasteiger partial charge in [0.25, 0.3) is 5.91 Å². The number of hydrogen-bond acceptors (Lipinski definition) is 4. The molecule has 2 aliphatic rings. The van der Waals surface area contributed by atoms with E-state index < -0.39 is 11.7 Å². The van der Waals surface area contributed by atoms with Crippen molar-refractivity contribution in [1.82, 2.24) is 4.90 Å². The van der Waals surface area contributed by atoms with E-state index in [0.29, 0.717) is 31.7 Å². The van der Waals surface area contributed by atoms with Crippen LogP contribution >= 0.6 is 0 Å². The molecule has 3 rings (SSSR count). The third-order valence-electron chi connectivity index (χ3n) is 4.56. The minimum Gasteiger partial charge on any atom is -0.497 e. The highest BCUT2D eigenvalue weighted by atomic mass is 16.5. The Hall–Kier alpha value is -1.59. The van der Waals surface area contributed by atoms with E-state index in [0.717, 1.165) is 18.6 Å². The van der Waals surface area contributed by atoms with Crippen LogP contribution in [0.5, 0.6) is 5.75 Å². The number of aliphatic hydroxyl groups is 1. The Balaban J connectivity index is 1.68. The van der Waals surface area contributed by atoms with Crippen LogP contribution in [0.25, 0.3) is 0 Å². The first-order chi connectivity index (χ1) is 10.1. The summed E-state index contributed by atoms with van der Waals surface area (Å²) in [7, 11) is 1.60. The van der Waals surface area contributed by atoms with E-state index in [2.05, 4.69) is 0 Å². The summed E-state index contributed by atoms with van der Waals surface area (Å²) in [5.41, 5.74) is 0.197. The van der Waals surface area contributed by atoms with Crippen molar-refractivity contribution >= 4 is 5.91 Å². The molecule has 0 bridgehead atoms. The summed E-state index contributed by atoms with van der Waals surface area (Å²) in [4.78, 5) is 14.2. The molecule has 21 heavy (non-hydrogen) atoms.